The number of carbonyl (C=O) groups excluding carboxylic acids is 2. The number of likely N-dealkylation sites (tertiary alicyclic amines) is 1. The fraction of sp³-hybridized carbons (Fsp3) is 0.500. The van der Waals surface area contributed by atoms with Crippen LogP contribution in [0.25, 0.3) is 0 Å². The van der Waals surface area contributed by atoms with Gasteiger partial charge in [0.2, 0.25) is 11.8 Å². The quantitative estimate of drug-likeness (QED) is 0.739. The van der Waals surface area contributed by atoms with Gasteiger partial charge < -0.3 is 0 Å². The first-order valence-corrected chi connectivity index (χ1v) is 7.12. The topological polar surface area (TPSA) is 105 Å². The molecule has 0 radical (unpaired) electrons. The Labute approximate surface area is 125 Å². The molecule has 1 saturated carbocycles. The lowest BCUT2D eigenvalue weighted by Crippen LogP contribution is -2.45. The number of nitriles is 1. The summed E-state index contributed by atoms with van der Waals surface area (Å²) in [7, 11) is 0. The van der Waals surface area contributed by atoms with Crippen LogP contribution in [0.3, 0.4) is 0 Å². The van der Waals surface area contributed by atoms with E-state index in [0.717, 1.165) is 22.3 Å². The van der Waals surface area contributed by atoms with Gasteiger partial charge in [0.05, 0.1) is 0 Å². The van der Waals surface area contributed by atoms with E-state index in [1.165, 1.54) is 10.8 Å². The molecule has 114 valence electrons. The maximum Gasteiger partial charge on any atom is 0.331 e. The molecule has 2 amide bonds. The summed E-state index contributed by atoms with van der Waals surface area (Å²) in [6.07, 6.45) is 3.75. The molecule has 1 aromatic rings. The molecule has 0 aromatic carbocycles. The van der Waals surface area contributed by atoms with Gasteiger partial charge in [-0.05, 0) is 19.3 Å². The van der Waals surface area contributed by atoms with E-state index in [4.69, 9.17) is 5.26 Å². The summed E-state index contributed by atoms with van der Waals surface area (Å²) >= 11 is 0. The molecular formula is C14H14N4O4. The molecule has 0 spiro atoms. The predicted molar refractivity (Wildman–Crippen MR) is 73.9 cm³/mol. The molecule has 0 unspecified atom stereocenters. The molecule has 2 fully saturated rings. The first-order valence-electron chi connectivity index (χ1n) is 7.12. The maximum absolute atomic E-state index is 12.3. The van der Waals surface area contributed by atoms with E-state index in [9.17, 15) is 19.2 Å². The van der Waals surface area contributed by atoms with Gasteiger partial charge in [0.25, 0.3) is 5.56 Å². The Hall–Kier alpha value is -2.69. The van der Waals surface area contributed by atoms with Crippen LogP contribution in [-0.4, -0.2) is 32.4 Å². The minimum absolute atomic E-state index is 0.0185. The van der Waals surface area contributed by atoms with E-state index >= 15 is 0 Å². The fourth-order valence-corrected chi connectivity index (χ4v) is 2.58. The molecule has 2 aliphatic rings. The van der Waals surface area contributed by atoms with E-state index < -0.39 is 23.7 Å². The fourth-order valence-electron chi connectivity index (χ4n) is 2.58. The van der Waals surface area contributed by atoms with E-state index in [0.29, 0.717) is 19.4 Å². The van der Waals surface area contributed by atoms with Crippen LogP contribution in [0.1, 0.15) is 37.3 Å². The van der Waals surface area contributed by atoms with Crippen molar-refractivity contribution in [1.82, 2.24) is 14.0 Å². The minimum Gasteiger partial charge on any atom is -0.296 e. The number of carbonyl (C=O) groups is 2. The van der Waals surface area contributed by atoms with Gasteiger partial charge in [0.1, 0.15) is 18.2 Å². The Balaban J connectivity index is 1.99. The van der Waals surface area contributed by atoms with Crippen LogP contribution in [0.2, 0.25) is 0 Å². The van der Waals surface area contributed by atoms with Gasteiger partial charge in [-0.25, -0.2) is 9.36 Å². The third-order valence-corrected chi connectivity index (χ3v) is 3.92. The third kappa shape index (κ3) is 2.35. The third-order valence-electron chi connectivity index (χ3n) is 3.92. The Kier molecular flexibility index (Phi) is 3.41. The van der Waals surface area contributed by atoms with Crippen molar-refractivity contribution in [3.8, 4) is 6.07 Å². The summed E-state index contributed by atoms with van der Waals surface area (Å²) in [5.74, 6) is -0.879. The smallest absolute Gasteiger partial charge is 0.296 e. The minimum atomic E-state index is -0.788. The van der Waals surface area contributed by atoms with Crippen LogP contribution in [0.4, 0.5) is 0 Å². The summed E-state index contributed by atoms with van der Waals surface area (Å²) in [4.78, 5) is 49.2. The van der Waals surface area contributed by atoms with Crippen molar-refractivity contribution in [1.29, 1.82) is 5.26 Å². The van der Waals surface area contributed by atoms with Crippen molar-refractivity contribution in [2.75, 3.05) is 6.54 Å². The summed E-state index contributed by atoms with van der Waals surface area (Å²) in [5, 5.41) is 9.02. The molecule has 22 heavy (non-hydrogen) atoms. The van der Waals surface area contributed by atoms with E-state index in [-0.39, 0.29) is 17.5 Å². The van der Waals surface area contributed by atoms with Crippen molar-refractivity contribution < 1.29 is 9.59 Å². The molecule has 1 saturated heterocycles. The zero-order valence-corrected chi connectivity index (χ0v) is 11.8. The average Bonchev–Trinajstić information content (AvgIpc) is 3.24. The highest BCUT2D eigenvalue weighted by atomic mass is 16.2. The van der Waals surface area contributed by atoms with Crippen LogP contribution >= 0.6 is 0 Å². The lowest BCUT2D eigenvalue weighted by atomic mass is 10.3. The second-order valence-corrected chi connectivity index (χ2v) is 5.51. The van der Waals surface area contributed by atoms with Crippen molar-refractivity contribution in [2.24, 2.45) is 0 Å². The summed E-state index contributed by atoms with van der Waals surface area (Å²) in [6.45, 7) is -0.202. The lowest BCUT2D eigenvalue weighted by molar-refractivity contribution is -0.142. The van der Waals surface area contributed by atoms with Crippen molar-refractivity contribution in [3.05, 3.63) is 32.6 Å². The Morgan fingerprint density at radius 3 is 2.59 bits per heavy atom. The van der Waals surface area contributed by atoms with E-state index in [2.05, 4.69) is 0 Å². The number of hydrogen-bond donors (Lipinski definition) is 0. The lowest BCUT2D eigenvalue weighted by Gasteiger charge is -2.15. The first kappa shape index (κ1) is 14.3. The van der Waals surface area contributed by atoms with Crippen molar-refractivity contribution in [3.63, 3.8) is 0 Å². The molecule has 3 rings (SSSR count). The molecule has 0 bridgehead atoms. The molecule has 8 nitrogen and oxygen atoms in total. The number of hydrogen-bond acceptors (Lipinski definition) is 5. The van der Waals surface area contributed by atoms with Crippen LogP contribution in [-0.2, 0) is 16.1 Å². The van der Waals surface area contributed by atoms with E-state index in [1.54, 1.807) is 6.07 Å². The average molecular weight is 302 g/mol. The zero-order valence-electron chi connectivity index (χ0n) is 11.8. The Morgan fingerprint density at radius 1 is 1.32 bits per heavy atom. The van der Waals surface area contributed by atoms with Gasteiger partial charge in [-0.3, -0.25) is 23.9 Å². The number of imide groups is 1. The van der Waals surface area contributed by atoms with Gasteiger partial charge in [-0.2, -0.15) is 5.26 Å². The Bertz CT molecular complexity index is 810. The second-order valence-electron chi connectivity index (χ2n) is 5.51. The highest BCUT2D eigenvalue weighted by Crippen LogP contribution is 2.33. The number of rotatable bonds is 3. The van der Waals surface area contributed by atoms with Crippen molar-refractivity contribution in [2.45, 2.75) is 38.3 Å². The number of amides is 2. The molecule has 2 heterocycles. The van der Waals surface area contributed by atoms with Gasteiger partial charge in [-0.15, -0.1) is 0 Å². The second kappa shape index (κ2) is 5.26. The molecule has 1 aliphatic carbocycles. The molecule has 0 atom stereocenters. The summed E-state index contributed by atoms with van der Waals surface area (Å²) in [5.41, 5.74) is -1.57. The van der Waals surface area contributed by atoms with Gasteiger partial charge in [0, 0.05) is 25.2 Å². The number of nitrogens with zero attached hydrogens (tertiary/aromatic N) is 4. The SMILES string of the molecule is N#Cc1cn(C2CC2)c(=O)n(CC(=O)N2CCCC2=O)c1=O. The highest BCUT2D eigenvalue weighted by molar-refractivity contribution is 5.96. The monoisotopic (exact) mass is 302 g/mol. The molecular weight excluding hydrogens is 288 g/mol. The Morgan fingerprint density at radius 2 is 2.05 bits per heavy atom. The number of aromatic nitrogens is 2. The van der Waals surface area contributed by atoms with Crippen LogP contribution in [0.15, 0.2) is 15.8 Å². The van der Waals surface area contributed by atoms with Crippen LogP contribution in [0, 0.1) is 11.3 Å². The largest absolute Gasteiger partial charge is 0.331 e. The standard InChI is InChI=1S/C14H14N4O4/c15-6-9-7-17(10-3-4-10)14(22)18(13(9)21)8-12(20)16-5-1-2-11(16)19/h7,10H,1-5,8H2. The van der Waals surface area contributed by atoms with Crippen LogP contribution < -0.4 is 11.2 Å². The summed E-state index contributed by atoms with van der Waals surface area (Å²) in [6, 6.07) is 1.73. The van der Waals surface area contributed by atoms with Gasteiger partial charge in [-0.1, -0.05) is 0 Å². The molecule has 1 aliphatic heterocycles. The molecule has 1 aromatic heterocycles. The van der Waals surface area contributed by atoms with Gasteiger partial charge in [0.15, 0.2) is 0 Å². The predicted octanol–water partition coefficient (Wildman–Crippen LogP) is -0.634. The highest BCUT2D eigenvalue weighted by Gasteiger charge is 2.30. The normalized spacial score (nSPS) is 17.6. The molecule has 0 N–H and O–H groups in total. The van der Waals surface area contributed by atoms with Crippen LogP contribution in [0.5, 0.6) is 0 Å². The van der Waals surface area contributed by atoms with E-state index in [1.807, 2.05) is 0 Å². The first-order chi connectivity index (χ1) is 10.5. The summed E-state index contributed by atoms with van der Waals surface area (Å²) < 4.78 is 2.09. The van der Waals surface area contributed by atoms with Crippen molar-refractivity contribution >= 4 is 11.8 Å². The molecule has 8 heteroatoms. The zero-order chi connectivity index (χ0) is 15.9. The maximum atomic E-state index is 12.3. The van der Waals surface area contributed by atoms with Gasteiger partial charge >= 0.3 is 5.69 Å².